The molecule has 1 saturated heterocycles. The van der Waals surface area contributed by atoms with Gasteiger partial charge in [-0.15, -0.1) is 0 Å². The highest BCUT2D eigenvalue weighted by atomic mass is 15.2. The maximum atomic E-state index is 2.41. The summed E-state index contributed by atoms with van der Waals surface area (Å²) in [5.41, 5.74) is 1.43. The van der Waals surface area contributed by atoms with Gasteiger partial charge in [-0.05, 0) is 5.56 Å². The molecule has 0 spiro atoms. The predicted octanol–water partition coefficient (Wildman–Crippen LogP) is 1.50. The summed E-state index contributed by atoms with van der Waals surface area (Å²) in [4.78, 5) is 2.41. The molecule has 1 aliphatic heterocycles. The van der Waals surface area contributed by atoms with Crippen molar-refractivity contribution in [3.63, 3.8) is 0 Å². The SMILES string of the molecule is c1ccc(CN2CC2)cc1. The number of rotatable bonds is 2. The molecule has 1 aromatic rings. The van der Waals surface area contributed by atoms with Crippen LogP contribution in [0.3, 0.4) is 0 Å². The van der Waals surface area contributed by atoms with E-state index >= 15 is 0 Å². The van der Waals surface area contributed by atoms with Gasteiger partial charge in [-0.2, -0.15) is 0 Å². The van der Waals surface area contributed by atoms with Gasteiger partial charge in [-0.25, -0.2) is 0 Å². The first-order valence-electron chi connectivity index (χ1n) is 3.71. The van der Waals surface area contributed by atoms with Crippen LogP contribution in [-0.4, -0.2) is 18.0 Å². The normalized spacial score (nSPS) is 17.2. The Kier molecular flexibility index (Phi) is 1.44. The second kappa shape index (κ2) is 2.43. The number of benzene rings is 1. The lowest BCUT2D eigenvalue weighted by atomic mass is 10.2. The van der Waals surface area contributed by atoms with Gasteiger partial charge in [0.05, 0.1) is 0 Å². The van der Waals surface area contributed by atoms with E-state index in [-0.39, 0.29) is 0 Å². The van der Waals surface area contributed by atoms with Crippen molar-refractivity contribution >= 4 is 0 Å². The lowest BCUT2D eigenvalue weighted by Gasteiger charge is -1.98. The standard InChI is InChI=1S/C9H11N/c1-2-4-9(5-3-1)8-10-6-7-10/h1-5H,6-8H2. The van der Waals surface area contributed by atoms with Crippen LogP contribution in [0.5, 0.6) is 0 Å². The highest BCUT2D eigenvalue weighted by Gasteiger charge is 2.16. The topological polar surface area (TPSA) is 3.01 Å². The Labute approximate surface area is 61.3 Å². The quantitative estimate of drug-likeness (QED) is 0.552. The van der Waals surface area contributed by atoms with E-state index < -0.39 is 0 Å². The molecule has 1 heteroatoms. The molecule has 0 saturated carbocycles. The number of hydrogen-bond acceptors (Lipinski definition) is 1. The molecule has 0 aliphatic carbocycles. The summed E-state index contributed by atoms with van der Waals surface area (Å²) in [5, 5.41) is 0. The Balaban J connectivity index is 2.03. The first kappa shape index (κ1) is 5.93. The highest BCUT2D eigenvalue weighted by molar-refractivity contribution is 5.14. The smallest absolute Gasteiger partial charge is 0.0234 e. The third-order valence-electron chi connectivity index (χ3n) is 1.79. The molecule has 1 heterocycles. The number of nitrogens with zero attached hydrogens (tertiary/aromatic N) is 1. The molecule has 0 N–H and O–H groups in total. The molecule has 0 unspecified atom stereocenters. The second-order valence-corrected chi connectivity index (χ2v) is 2.76. The van der Waals surface area contributed by atoms with Crippen molar-refractivity contribution in [2.45, 2.75) is 6.54 Å². The Morgan fingerprint density at radius 1 is 1.10 bits per heavy atom. The molecule has 10 heavy (non-hydrogen) atoms. The van der Waals surface area contributed by atoms with Gasteiger partial charge in [0.25, 0.3) is 0 Å². The van der Waals surface area contributed by atoms with Crippen LogP contribution in [0.15, 0.2) is 30.3 Å². The van der Waals surface area contributed by atoms with Gasteiger partial charge >= 0.3 is 0 Å². The van der Waals surface area contributed by atoms with E-state index in [4.69, 9.17) is 0 Å². The monoisotopic (exact) mass is 133 g/mol. The zero-order valence-corrected chi connectivity index (χ0v) is 5.96. The van der Waals surface area contributed by atoms with Gasteiger partial charge in [-0.1, -0.05) is 30.3 Å². The first-order chi connectivity index (χ1) is 4.95. The van der Waals surface area contributed by atoms with Crippen LogP contribution in [0.25, 0.3) is 0 Å². The zero-order valence-electron chi connectivity index (χ0n) is 5.96. The van der Waals surface area contributed by atoms with Crippen LogP contribution < -0.4 is 0 Å². The Morgan fingerprint density at radius 2 is 1.80 bits per heavy atom. The fourth-order valence-corrected chi connectivity index (χ4v) is 1.07. The van der Waals surface area contributed by atoms with Crippen molar-refractivity contribution in [1.82, 2.24) is 4.90 Å². The van der Waals surface area contributed by atoms with E-state index in [2.05, 4.69) is 35.2 Å². The lowest BCUT2D eigenvalue weighted by Crippen LogP contribution is -1.95. The summed E-state index contributed by atoms with van der Waals surface area (Å²) < 4.78 is 0. The van der Waals surface area contributed by atoms with Gasteiger partial charge in [-0.3, -0.25) is 4.90 Å². The van der Waals surface area contributed by atoms with E-state index in [1.807, 2.05) is 0 Å². The Morgan fingerprint density at radius 3 is 2.40 bits per heavy atom. The van der Waals surface area contributed by atoms with E-state index in [0.29, 0.717) is 0 Å². The molecule has 0 amide bonds. The van der Waals surface area contributed by atoms with Crippen LogP contribution in [-0.2, 0) is 6.54 Å². The molecule has 0 bridgehead atoms. The van der Waals surface area contributed by atoms with Crippen molar-refractivity contribution < 1.29 is 0 Å². The molecule has 0 atom stereocenters. The van der Waals surface area contributed by atoms with Crippen molar-refractivity contribution in [2.75, 3.05) is 13.1 Å². The number of hydrogen-bond donors (Lipinski definition) is 0. The van der Waals surface area contributed by atoms with Gasteiger partial charge in [0.15, 0.2) is 0 Å². The molecular weight excluding hydrogens is 122 g/mol. The fraction of sp³-hybridized carbons (Fsp3) is 0.333. The molecule has 0 aromatic heterocycles. The van der Waals surface area contributed by atoms with Gasteiger partial charge in [0, 0.05) is 19.6 Å². The molecule has 1 nitrogen and oxygen atoms in total. The van der Waals surface area contributed by atoms with E-state index in [1.165, 1.54) is 18.7 Å². The van der Waals surface area contributed by atoms with Crippen LogP contribution in [0.2, 0.25) is 0 Å². The molecule has 52 valence electrons. The van der Waals surface area contributed by atoms with Gasteiger partial charge in [0.2, 0.25) is 0 Å². The van der Waals surface area contributed by atoms with Crippen LogP contribution in [0.4, 0.5) is 0 Å². The molecule has 2 rings (SSSR count). The largest absolute Gasteiger partial charge is 0.297 e. The summed E-state index contributed by atoms with van der Waals surface area (Å²) in [6.07, 6.45) is 0. The molecular formula is C9H11N. The summed E-state index contributed by atoms with van der Waals surface area (Å²) in [5.74, 6) is 0. The van der Waals surface area contributed by atoms with Gasteiger partial charge in [0.1, 0.15) is 0 Å². The van der Waals surface area contributed by atoms with Crippen molar-refractivity contribution in [3.05, 3.63) is 35.9 Å². The average Bonchev–Trinajstić information content (AvgIpc) is 2.74. The molecule has 1 aliphatic rings. The van der Waals surface area contributed by atoms with E-state index in [9.17, 15) is 0 Å². The third-order valence-corrected chi connectivity index (χ3v) is 1.79. The fourth-order valence-electron chi connectivity index (χ4n) is 1.07. The molecule has 1 fully saturated rings. The Bertz CT molecular complexity index is 201. The van der Waals surface area contributed by atoms with E-state index in [0.717, 1.165) is 6.54 Å². The Hall–Kier alpha value is -0.820. The second-order valence-electron chi connectivity index (χ2n) is 2.76. The van der Waals surface area contributed by atoms with Gasteiger partial charge < -0.3 is 0 Å². The maximum Gasteiger partial charge on any atom is 0.0234 e. The lowest BCUT2D eigenvalue weighted by molar-refractivity contribution is 0.556. The van der Waals surface area contributed by atoms with Crippen LogP contribution >= 0.6 is 0 Å². The van der Waals surface area contributed by atoms with Crippen molar-refractivity contribution in [3.8, 4) is 0 Å². The summed E-state index contributed by atoms with van der Waals surface area (Å²) in [6.45, 7) is 3.71. The van der Waals surface area contributed by atoms with Crippen molar-refractivity contribution in [1.29, 1.82) is 0 Å². The molecule has 1 aromatic carbocycles. The van der Waals surface area contributed by atoms with Crippen LogP contribution in [0, 0.1) is 0 Å². The minimum absolute atomic E-state index is 1.14. The minimum Gasteiger partial charge on any atom is -0.297 e. The highest BCUT2D eigenvalue weighted by Crippen LogP contribution is 2.10. The third kappa shape index (κ3) is 1.36. The average molecular weight is 133 g/mol. The summed E-state index contributed by atoms with van der Waals surface area (Å²) >= 11 is 0. The van der Waals surface area contributed by atoms with Crippen LogP contribution in [0.1, 0.15) is 5.56 Å². The zero-order chi connectivity index (χ0) is 6.81. The van der Waals surface area contributed by atoms with Crippen molar-refractivity contribution in [2.24, 2.45) is 0 Å². The summed E-state index contributed by atoms with van der Waals surface area (Å²) in [6, 6.07) is 10.6. The predicted molar refractivity (Wildman–Crippen MR) is 41.7 cm³/mol. The minimum atomic E-state index is 1.14. The summed E-state index contributed by atoms with van der Waals surface area (Å²) in [7, 11) is 0. The molecule has 0 radical (unpaired) electrons. The first-order valence-corrected chi connectivity index (χ1v) is 3.71. The van der Waals surface area contributed by atoms with E-state index in [1.54, 1.807) is 0 Å². The maximum absolute atomic E-state index is 2.41.